The lowest BCUT2D eigenvalue weighted by Gasteiger charge is -2.17. The third-order valence-corrected chi connectivity index (χ3v) is 2.80. The van der Waals surface area contributed by atoms with Crippen molar-refractivity contribution in [3.05, 3.63) is 59.9 Å². The van der Waals surface area contributed by atoms with Crippen LogP contribution in [-0.4, -0.2) is 29.7 Å². The van der Waals surface area contributed by atoms with Crippen molar-refractivity contribution in [2.75, 3.05) is 18.6 Å². The van der Waals surface area contributed by atoms with E-state index in [1.807, 2.05) is 12.1 Å². The van der Waals surface area contributed by atoms with E-state index in [9.17, 15) is 4.79 Å². The number of aliphatic hydroxyl groups is 1. The molecule has 0 bridgehead atoms. The topological polar surface area (TPSA) is 53.4 Å². The molecule has 4 nitrogen and oxygen atoms in total. The average molecular weight is 266 g/mol. The number of benzene rings is 1. The van der Waals surface area contributed by atoms with Gasteiger partial charge in [0.1, 0.15) is 6.61 Å². The van der Waals surface area contributed by atoms with Gasteiger partial charge in [0, 0.05) is 18.8 Å². The summed E-state index contributed by atoms with van der Waals surface area (Å²) in [5, 5.41) is 8.77. The van der Waals surface area contributed by atoms with Gasteiger partial charge >= 0.3 is 0 Å². The standard InChI is InChI=1S/C16H14N2O2/c1-18(14-8-4-10-17-12-14)16(20)15-9-3-2-6-13(15)7-5-11-19/h2-4,6,8-10,12,19H,11H2,1H3. The normalized spacial score (nSPS) is 9.50. The molecule has 100 valence electrons. The maximum atomic E-state index is 12.5. The summed E-state index contributed by atoms with van der Waals surface area (Å²) < 4.78 is 0. The predicted molar refractivity (Wildman–Crippen MR) is 77.4 cm³/mol. The van der Waals surface area contributed by atoms with E-state index < -0.39 is 0 Å². The van der Waals surface area contributed by atoms with E-state index in [4.69, 9.17) is 5.11 Å². The van der Waals surface area contributed by atoms with E-state index in [2.05, 4.69) is 16.8 Å². The molecule has 1 heterocycles. The minimum absolute atomic E-state index is 0.166. The monoisotopic (exact) mass is 266 g/mol. The fourth-order valence-corrected chi connectivity index (χ4v) is 1.76. The summed E-state index contributed by atoms with van der Waals surface area (Å²) in [7, 11) is 1.69. The number of nitrogens with zero attached hydrogens (tertiary/aromatic N) is 2. The summed E-state index contributed by atoms with van der Waals surface area (Å²) >= 11 is 0. The SMILES string of the molecule is CN(C(=O)c1ccccc1C#CCO)c1cccnc1. The Hall–Kier alpha value is -2.64. The molecule has 0 atom stereocenters. The first-order chi connectivity index (χ1) is 9.74. The van der Waals surface area contributed by atoms with Gasteiger partial charge in [0.25, 0.3) is 5.91 Å². The number of pyridine rings is 1. The zero-order valence-corrected chi connectivity index (χ0v) is 11.1. The number of hydrogen-bond donors (Lipinski definition) is 1. The van der Waals surface area contributed by atoms with Gasteiger partial charge < -0.3 is 10.0 Å². The second-order valence-corrected chi connectivity index (χ2v) is 4.08. The van der Waals surface area contributed by atoms with E-state index in [1.54, 1.807) is 43.7 Å². The summed E-state index contributed by atoms with van der Waals surface area (Å²) in [6.45, 7) is -0.235. The van der Waals surface area contributed by atoms with E-state index in [-0.39, 0.29) is 12.5 Å². The molecular weight excluding hydrogens is 252 g/mol. The molecule has 0 spiro atoms. The second-order valence-electron chi connectivity index (χ2n) is 4.08. The highest BCUT2D eigenvalue weighted by Gasteiger charge is 2.16. The second kappa shape index (κ2) is 6.50. The molecule has 0 saturated carbocycles. The molecule has 1 N–H and O–H groups in total. The van der Waals surface area contributed by atoms with E-state index in [0.717, 1.165) is 0 Å². The first kappa shape index (κ1) is 13.8. The zero-order valence-electron chi connectivity index (χ0n) is 11.1. The summed E-state index contributed by atoms with van der Waals surface area (Å²) in [6, 6.07) is 10.7. The van der Waals surface area contributed by atoms with Gasteiger partial charge in [-0.25, -0.2) is 0 Å². The Morgan fingerprint density at radius 1 is 1.30 bits per heavy atom. The Morgan fingerprint density at radius 3 is 2.80 bits per heavy atom. The molecule has 20 heavy (non-hydrogen) atoms. The molecule has 1 aromatic heterocycles. The Bertz CT molecular complexity index is 657. The fourth-order valence-electron chi connectivity index (χ4n) is 1.76. The molecular formula is C16H14N2O2. The number of amides is 1. The van der Waals surface area contributed by atoms with Gasteiger partial charge in [-0.15, -0.1) is 0 Å². The highest BCUT2D eigenvalue weighted by Crippen LogP contribution is 2.16. The number of anilines is 1. The van der Waals surface area contributed by atoms with Crippen molar-refractivity contribution in [1.29, 1.82) is 0 Å². The lowest BCUT2D eigenvalue weighted by Crippen LogP contribution is -2.27. The van der Waals surface area contributed by atoms with Gasteiger partial charge in [0.15, 0.2) is 0 Å². The largest absolute Gasteiger partial charge is 0.384 e. The van der Waals surface area contributed by atoms with E-state index in [0.29, 0.717) is 16.8 Å². The van der Waals surface area contributed by atoms with Gasteiger partial charge in [-0.1, -0.05) is 24.0 Å². The Kier molecular flexibility index (Phi) is 4.48. The Labute approximate surface area is 117 Å². The van der Waals surface area contributed by atoms with Gasteiger partial charge in [0.05, 0.1) is 17.4 Å². The number of carbonyl (C=O) groups excluding carboxylic acids is 1. The van der Waals surface area contributed by atoms with E-state index in [1.165, 1.54) is 4.90 Å². The number of carbonyl (C=O) groups is 1. The van der Waals surface area contributed by atoms with Gasteiger partial charge in [-0.2, -0.15) is 0 Å². The van der Waals surface area contributed by atoms with Crippen molar-refractivity contribution in [3.8, 4) is 11.8 Å². The van der Waals surface area contributed by atoms with Crippen LogP contribution in [0, 0.1) is 11.8 Å². The maximum absolute atomic E-state index is 12.5. The van der Waals surface area contributed by atoms with Crippen LogP contribution in [0.4, 0.5) is 5.69 Å². The zero-order chi connectivity index (χ0) is 14.4. The van der Waals surface area contributed by atoms with Crippen LogP contribution in [-0.2, 0) is 0 Å². The van der Waals surface area contributed by atoms with Crippen molar-refractivity contribution in [1.82, 2.24) is 4.98 Å². The van der Waals surface area contributed by atoms with Crippen molar-refractivity contribution < 1.29 is 9.90 Å². The number of aromatic nitrogens is 1. The lowest BCUT2D eigenvalue weighted by molar-refractivity contribution is 0.0992. The smallest absolute Gasteiger partial charge is 0.259 e. The molecule has 1 aromatic carbocycles. The highest BCUT2D eigenvalue weighted by atomic mass is 16.2. The minimum atomic E-state index is -0.235. The first-order valence-corrected chi connectivity index (χ1v) is 6.11. The summed E-state index contributed by atoms with van der Waals surface area (Å²) in [6.07, 6.45) is 3.28. The third kappa shape index (κ3) is 3.02. The molecule has 0 radical (unpaired) electrons. The Balaban J connectivity index is 2.34. The Morgan fingerprint density at radius 2 is 2.10 bits per heavy atom. The summed E-state index contributed by atoms with van der Waals surface area (Å²) in [5.41, 5.74) is 1.81. The number of aliphatic hydroxyl groups excluding tert-OH is 1. The highest BCUT2D eigenvalue weighted by molar-refractivity contribution is 6.07. The molecule has 0 aliphatic rings. The molecule has 0 saturated heterocycles. The molecule has 0 aliphatic carbocycles. The molecule has 0 fully saturated rings. The summed E-state index contributed by atoms with van der Waals surface area (Å²) in [5.74, 6) is 5.18. The molecule has 0 aliphatic heterocycles. The average Bonchev–Trinajstić information content (AvgIpc) is 2.52. The van der Waals surface area contributed by atoms with Crippen LogP contribution >= 0.6 is 0 Å². The van der Waals surface area contributed by atoms with Crippen LogP contribution in [0.1, 0.15) is 15.9 Å². The lowest BCUT2D eigenvalue weighted by atomic mass is 10.1. The molecule has 1 amide bonds. The first-order valence-electron chi connectivity index (χ1n) is 6.11. The van der Waals surface area contributed by atoms with Crippen LogP contribution in [0.5, 0.6) is 0 Å². The van der Waals surface area contributed by atoms with E-state index >= 15 is 0 Å². The van der Waals surface area contributed by atoms with Crippen LogP contribution in [0.2, 0.25) is 0 Å². The van der Waals surface area contributed by atoms with Gasteiger partial charge in [0.2, 0.25) is 0 Å². The molecule has 2 aromatic rings. The molecule has 4 heteroatoms. The number of hydrogen-bond acceptors (Lipinski definition) is 3. The van der Waals surface area contributed by atoms with Gasteiger partial charge in [-0.05, 0) is 24.3 Å². The van der Waals surface area contributed by atoms with Crippen LogP contribution in [0.15, 0.2) is 48.8 Å². The van der Waals surface area contributed by atoms with Crippen LogP contribution < -0.4 is 4.90 Å². The predicted octanol–water partition coefficient (Wildman–Crippen LogP) is 1.70. The fraction of sp³-hybridized carbons (Fsp3) is 0.125. The minimum Gasteiger partial charge on any atom is -0.384 e. The quantitative estimate of drug-likeness (QED) is 0.842. The molecule has 0 unspecified atom stereocenters. The van der Waals surface area contributed by atoms with Crippen molar-refractivity contribution in [2.24, 2.45) is 0 Å². The molecule has 2 rings (SSSR count). The number of rotatable bonds is 2. The van der Waals surface area contributed by atoms with Gasteiger partial charge in [-0.3, -0.25) is 9.78 Å². The third-order valence-electron chi connectivity index (χ3n) is 2.80. The van der Waals surface area contributed by atoms with Crippen molar-refractivity contribution in [2.45, 2.75) is 0 Å². The van der Waals surface area contributed by atoms with Crippen molar-refractivity contribution in [3.63, 3.8) is 0 Å². The van der Waals surface area contributed by atoms with Crippen LogP contribution in [0.25, 0.3) is 0 Å². The van der Waals surface area contributed by atoms with Crippen molar-refractivity contribution >= 4 is 11.6 Å². The summed E-state index contributed by atoms with van der Waals surface area (Å²) in [4.78, 5) is 18.0. The van der Waals surface area contributed by atoms with Crippen LogP contribution in [0.3, 0.4) is 0 Å². The maximum Gasteiger partial charge on any atom is 0.259 e.